The summed E-state index contributed by atoms with van der Waals surface area (Å²) in [5, 5.41) is 13.2. The van der Waals surface area contributed by atoms with Crippen molar-refractivity contribution in [2.24, 2.45) is 0 Å². The first-order valence-electron chi connectivity index (χ1n) is 6.93. The third-order valence-electron chi connectivity index (χ3n) is 3.45. The Morgan fingerprint density at radius 1 is 1.19 bits per heavy atom. The van der Waals surface area contributed by atoms with Crippen molar-refractivity contribution in [1.82, 2.24) is 0 Å². The van der Waals surface area contributed by atoms with Crippen LogP contribution in [0, 0.1) is 12.7 Å². The molecule has 0 heterocycles. The zero-order valence-electron chi connectivity index (χ0n) is 12.6. The second kappa shape index (κ2) is 6.59. The molecule has 1 atom stereocenters. The summed E-state index contributed by atoms with van der Waals surface area (Å²) >= 11 is 0. The fraction of sp³-hybridized carbons (Fsp3) is 0.294. The maximum atomic E-state index is 13.6. The lowest BCUT2D eigenvalue weighted by Gasteiger charge is -2.18. The molecule has 0 aliphatic carbocycles. The molecule has 3 nitrogen and oxygen atoms in total. The maximum Gasteiger partial charge on any atom is 0.129 e. The number of hydrogen-bond acceptors (Lipinski definition) is 3. The summed E-state index contributed by atoms with van der Waals surface area (Å²) in [6.07, 6.45) is -0.879. The highest BCUT2D eigenvalue weighted by Gasteiger charge is 2.12. The quantitative estimate of drug-likeness (QED) is 0.885. The molecule has 2 rings (SSSR count). The predicted octanol–water partition coefficient (Wildman–Crippen LogP) is 3.35. The molecule has 2 N–H and O–H groups in total. The van der Waals surface area contributed by atoms with Gasteiger partial charge in [0.1, 0.15) is 5.82 Å². The molecule has 2 aromatic rings. The number of nitrogens with zero attached hydrogens (tertiary/aromatic N) is 1. The largest absolute Gasteiger partial charge is 0.386 e. The van der Waals surface area contributed by atoms with Crippen LogP contribution in [-0.2, 0) is 0 Å². The number of rotatable bonds is 5. The predicted molar refractivity (Wildman–Crippen MR) is 85.4 cm³/mol. The minimum Gasteiger partial charge on any atom is -0.386 e. The van der Waals surface area contributed by atoms with Gasteiger partial charge in [0.25, 0.3) is 0 Å². The van der Waals surface area contributed by atoms with Crippen LogP contribution in [0.5, 0.6) is 0 Å². The van der Waals surface area contributed by atoms with Gasteiger partial charge in [-0.05, 0) is 30.7 Å². The first-order chi connectivity index (χ1) is 9.99. The SMILES string of the molecule is Cc1ccc(NCC(O)c2ccccc2F)cc1N(C)C. The van der Waals surface area contributed by atoms with E-state index in [1.165, 1.54) is 11.6 Å². The van der Waals surface area contributed by atoms with Gasteiger partial charge in [0.15, 0.2) is 0 Å². The van der Waals surface area contributed by atoms with Crippen LogP contribution in [0.15, 0.2) is 42.5 Å². The minimum absolute atomic E-state index is 0.261. The van der Waals surface area contributed by atoms with Crippen molar-refractivity contribution in [2.75, 3.05) is 30.9 Å². The second-order valence-corrected chi connectivity index (χ2v) is 5.31. The highest BCUT2D eigenvalue weighted by Crippen LogP contribution is 2.23. The molecular weight excluding hydrogens is 267 g/mol. The molecule has 0 radical (unpaired) electrons. The summed E-state index contributed by atoms with van der Waals surface area (Å²) < 4.78 is 13.6. The Balaban J connectivity index is 2.06. The average Bonchev–Trinajstić information content (AvgIpc) is 2.46. The van der Waals surface area contributed by atoms with Crippen LogP contribution in [0.2, 0.25) is 0 Å². The monoisotopic (exact) mass is 288 g/mol. The van der Waals surface area contributed by atoms with Crippen LogP contribution < -0.4 is 10.2 Å². The molecule has 0 bridgehead atoms. The summed E-state index contributed by atoms with van der Waals surface area (Å²) in [6, 6.07) is 12.3. The van der Waals surface area contributed by atoms with Crippen LogP contribution in [0.4, 0.5) is 15.8 Å². The summed E-state index contributed by atoms with van der Waals surface area (Å²) in [6.45, 7) is 2.31. The van der Waals surface area contributed by atoms with Crippen molar-refractivity contribution in [1.29, 1.82) is 0 Å². The normalized spacial score (nSPS) is 12.0. The molecule has 0 saturated carbocycles. The topological polar surface area (TPSA) is 35.5 Å². The number of benzene rings is 2. The summed E-state index contributed by atoms with van der Waals surface area (Å²) in [5.74, 6) is -0.385. The summed E-state index contributed by atoms with van der Waals surface area (Å²) in [7, 11) is 3.97. The number of aryl methyl sites for hydroxylation is 1. The van der Waals surface area contributed by atoms with E-state index in [4.69, 9.17) is 0 Å². The third-order valence-corrected chi connectivity index (χ3v) is 3.45. The molecule has 0 aliphatic heterocycles. The van der Waals surface area contributed by atoms with E-state index in [1.54, 1.807) is 18.2 Å². The maximum absolute atomic E-state index is 13.6. The molecule has 21 heavy (non-hydrogen) atoms. The van der Waals surface area contributed by atoms with E-state index < -0.39 is 6.10 Å². The number of aliphatic hydroxyl groups excluding tert-OH is 1. The lowest BCUT2D eigenvalue weighted by molar-refractivity contribution is 0.186. The highest BCUT2D eigenvalue weighted by molar-refractivity contribution is 5.61. The van der Waals surface area contributed by atoms with E-state index in [2.05, 4.69) is 5.32 Å². The van der Waals surface area contributed by atoms with Crippen LogP contribution in [0.3, 0.4) is 0 Å². The number of aliphatic hydroxyl groups is 1. The van der Waals surface area contributed by atoms with Crippen LogP contribution >= 0.6 is 0 Å². The zero-order chi connectivity index (χ0) is 15.4. The Labute approximate surface area is 125 Å². The molecule has 112 valence electrons. The Morgan fingerprint density at radius 2 is 1.90 bits per heavy atom. The van der Waals surface area contributed by atoms with Gasteiger partial charge in [-0.2, -0.15) is 0 Å². The molecule has 1 unspecified atom stereocenters. The van der Waals surface area contributed by atoms with Gasteiger partial charge in [0.2, 0.25) is 0 Å². The second-order valence-electron chi connectivity index (χ2n) is 5.31. The number of nitrogens with one attached hydrogen (secondary N) is 1. The number of anilines is 2. The van der Waals surface area contributed by atoms with Crippen LogP contribution in [-0.4, -0.2) is 25.7 Å². The van der Waals surface area contributed by atoms with Crippen LogP contribution in [0.1, 0.15) is 17.2 Å². The Morgan fingerprint density at radius 3 is 2.57 bits per heavy atom. The minimum atomic E-state index is -0.879. The van der Waals surface area contributed by atoms with Crippen LogP contribution in [0.25, 0.3) is 0 Å². The Kier molecular flexibility index (Phi) is 4.81. The molecule has 0 aliphatic rings. The Hall–Kier alpha value is -2.07. The van der Waals surface area contributed by atoms with Crippen molar-refractivity contribution < 1.29 is 9.50 Å². The fourth-order valence-electron chi connectivity index (χ4n) is 2.27. The van der Waals surface area contributed by atoms with Gasteiger partial charge < -0.3 is 15.3 Å². The number of hydrogen-bond donors (Lipinski definition) is 2. The van der Waals surface area contributed by atoms with Gasteiger partial charge in [-0.25, -0.2) is 4.39 Å². The standard InChI is InChI=1S/C17H21FN2O/c1-12-8-9-13(10-16(12)20(2)3)19-11-17(21)14-6-4-5-7-15(14)18/h4-10,17,19,21H,11H2,1-3H3. The summed E-state index contributed by atoms with van der Waals surface area (Å²) in [4.78, 5) is 2.04. The van der Waals surface area contributed by atoms with Gasteiger partial charge in [-0.15, -0.1) is 0 Å². The van der Waals surface area contributed by atoms with Crippen molar-refractivity contribution >= 4 is 11.4 Å². The van der Waals surface area contributed by atoms with Gasteiger partial charge in [-0.1, -0.05) is 24.3 Å². The first kappa shape index (κ1) is 15.3. The lowest BCUT2D eigenvalue weighted by Crippen LogP contribution is -2.14. The third kappa shape index (κ3) is 3.73. The van der Waals surface area contributed by atoms with Gasteiger partial charge in [0, 0.05) is 37.6 Å². The van der Waals surface area contributed by atoms with Crippen molar-refractivity contribution in [3.05, 3.63) is 59.4 Å². The molecule has 0 saturated heterocycles. The molecular formula is C17H21FN2O. The van der Waals surface area contributed by atoms with E-state index in [9.17, 15) is 9.50 Å². The van der Waals surface area contributed by atoms with E-state index >= 15 is 0 Å². The zero-order valence-corrected chi connectivity index (χ0v) is 12.6. The van der Waals surface area contributed by atoms with E-state index in [-0.39, 0.29) is 12.4 Å². The van der Waals surface area contributed by atoms with Gasteiger partial charge >= 0.3 is 0 Å². The molecule has 0 spiro atoms. The van der Waals surface area contributed by atoms with Gasteiger partial charge in [-0.3, -0.25) is 0 Å². The number of halogens is 1. The molecule has 0 aromatic heterocycles. The van der Waals surface area contributed by atoms with Crippen molar-refractivity contribution in [2.45, 2.75) is 13.0 Å². The van der Waals surface area contributed by atoms with E-state index in [0.717, 1.165) is 11.4 Å². The first-order valence-corrected chi connectivity index (χ1v) is 6.93. The molecule has 0 amide bonds. The smallest absolute Gasteiger partial charge is 0.129 e. The fourth-order valence-corrected chi connectivity index (χ4v) is 2.27. The Bertz CT molecular complexity index is 613. The van der Waals surface area contributed by atoms with Crippen molar-refractivity contribution in [3.8, 4) is 0 Å². The average molecular weight is 288 g/mol. The summed E-state index contributed by atoms with van der Waals surface area (Å²) in [5.41, 5.74) is 3.50. The lowest BCUT2D eigenvalue weighted by atomic mass is 10.1. The van der Waals surface area contributed by atoms with Crippen molar-refractivity contribution in [3.63, 3.8) is 0 Å². The van der Waals surface area contributed by atoms with E-state index in [1.807, 2.05) is 44.1 Å². The van der Waals surface area contributed by atoms with E-state index in [0.29, 0.717) is 5.56 Å². The molecule has 2 aromatic carbocycles. The van der Waals surface area contributed by atoms with Gasteiger partial charge in [0.05, 0.1) is 6.10 Å². The molecule has 0 fully saturated rings. The molecule has 4 heteroatoms. The highest BCUT2D eigenvalue weighted by atomic mass is 19.1.